The van der Waals surface area contributed by atoms with Crippen molar-refractivity contribution in [3.63, 3.8) is 0 Å². The van der Waals surface area contributed by atoms with Crippen molar-refractivity contribution in [2.24, 2.45) is 0 Å². The fourth-order valence-corrected chi connectivity index (χ4v) is 2.21. The van der Waals surface area contributed by atoms with E-state index in [0.29, 0.717) is 5.02 Å². The molecule has 2 aromatic rings. The highest BCUT2D eigenvalue weighted by molar-refractivity contribution is 6.35. The standard InChI is InChI=1S/C14H14Cl2N2/c15-12-7-6-11(14(16)8-12)4-2-1-3-5-13-9-17-10-18-13/h3,5-10H,1-2,4H2,(H,17,18)/b5-3+. The maximum absolute atomic E-state index is 6.11. The number of aromatic amines is 1. The van der Waals surface area contributed by atoms with Gasteiger partial charge < -0.3 is 4.98 Å². The monoisotopic (exact) mass is 280 g/mol. The molecule has 0 atom stereocenters. The van der Waals surface area contributed by atoms with Crippen molar-refractivity contribution >= 4 is 29.3 Å². The number of hydrogen-bond donors (Lipinski definition) is 1. The molecule has 0 aliphatic rings. The minimum Gasteiger partial charge on any atom is -0.345 e. The van der Waals surface area contributed by atoms with Crippen LogP contribution in [0.15, 0.2) is 36.8 Å². The zero-order valence-electron chi connectivity index (χ0n) is 9.87. The lowest BCUT2D eigenvalue weighted by molar-refractivity contribution is 0.845. The molecule has 18 heavy (non-hydrogen) atoms. The second-order valence-corrected chi connectivity index (χ2v) is 4.88. The maximum Gasteiger partial charge on any atom is 0.0924 e. The summed E-state index contributed by atoms with van der Waals surface area (Å²) in [7, 11) is 0. The number of H-pyrrole nitrogens is 1. The highest BCUT2D eigenvalue weighted by Crippen LogP contribution is 2.22. The Balaban J connectivity index is 1.78. The Bertz CT molecular complexity index is 519. The molecule has 0 radical (unpaired) electrons. The van der Waals surface area contributed by atoms with E-state index in [9.17, 15) is 0 Å². The van der Waals surface area contributed by atoms with Crippen LogP contribution >= 0.6 is 23.2 Å². The topological polar surface area (TPSA) is 28.7 Å². The lowest BCUT2D eigenvalue weighted by Gasteiger charge is -2.03. The molecule has 1 aromatic heterocycles. The number of rotatable bonds is 5. The number of allylic oxidation sites excluding steroid dienone is 1. The predicted octanol–water partition coefficient (Wildman–Crippen LogP) is 4.75. The first-order valence-corrected chi connectivity index (χ1v) is 6.60. The van der Waals surface area contributed by atoms with Gasteiger partial charge in [-0.05, 0) is 43.0 Å². The minimum atomic E-state index is 0.683. The summed E-state index contributed by atoms with van der Waals surface area (Å²) in [6.45, 7) is 0. The lowest BCUT2D eigenvalue weighted by atomic mass is 10.1. The average molecular weight is 281 g/mol. The average Bonchev–Trinajstić information content (AvgIpc) is 2.84. The van der Waals surface area contributed by atoms with Crippen LogP contribution in [0.5, 0.6) is 0 Å². The number of imidazole rings is 1. The Morgan fingerprint density at radius 3 is 2.89 bits per heavy atom. The second kappa shape index (κ2) is 6.62. The number of unbranched alkanes of at least 4 members (excludes halogenated alkanes) is 1. The highest BCUT2D eigenvalue weighted by atomic mass is 35.5. The molecule has 0 unspecified atom stereocenters. The molecule has 0 aliphatic carbocycles. The number of nitrogens with one attached hydrogen (secondary N) is 1. The van der Waals surface area contributed by atoms with Crippen LogP contribution in [-0.4, -0.2) is 9.97 Å². The van der Waals surface area contributed by atoms with Crippen LogP contribution in [0.2, 0.25) is 10.0 Å². The molecule has 1 N–H and O–H groups in total. The number of benzene rings is 1. The molecule has 0 fully saturated rings. The number of hydrogen-bond acceptors (Lipinski definition) is 1. The third kappa shape index (κ3) is 3.90. The summed E-state index contributed by atoms with van der Waals surface area (Å²) in [4.78, 5) is 6.98. The SMILES string of the molecule is Clc1ccc(CCC/C=C/c2cnc[nH]2)c(Cl)c1. The fraction of sp³-hybridized carbons (Fsp3) is 0.214. The first kappa shape index (κ1) is 13.2. The molecule has 0 bridgehead atoms. The molecule has 0 saturated heterocycles. The van der Waals surface area contributed by atoms with Crippen molar-refractivity contribution in [3.8, 4) is 0 Å². The lowest BCUT2D eigenvalue weighted by Crippen LogP contribution is -1.86. The smallest absolute Gasteiger partial charge is 0.0924 e. The Kier molecular flexibility index (Phi) is 4.85. The van der Waals surface area contributed by atoms with E-state index in [1.54, 1.807) is 18.6 Å². The normalized spacial score (nSPS) is 11.2. The number of nitrogens with zero attached hydrogens (tertiary/aromatic N) is 1. The van der Waals surface area contributed by atoms with Crippen LogP contribution in [0.1, 0.15) is 24.1 Å². The molecule has 0 aliphatic heterocycles. The Labute approximate surface area is 117 Å². The summed E-state index contributed by atoms with van der Waals surface area (Å²) in [6, 6.07) is 5.66. The van der Waals surface area contributed by atoms with Crippen LogP contribution < -0.4 is 0 Å². The van der Waals surface area contributed by atoms with Crippen LogP contribution in [-0.2, 0) is 6.42 Å². The summed E-state index contributed by atoms with van der Waals surface area (Å²) in [6.07, 6.45) is 10.7. The molecule has 1 heterocycles. The first-order valence-electron chi connectivity index (χ1n) is 5.84. The molecular formula is C14H14Cl2N2. The zero-order chi connectivity index (χ0) is 12.8. The van der Waals surface area contributed by atoms with Gasteiger partial charge in [0, 0.05) is 10.0 Å². The van der Waals surface area contributed by atoms with Gasteiger partial charge in [0.05, 0.1) is 18.2 Å². The quantitative estimate of drug-likeness (QED) is 0.787. The summed E-state index contributed by atoms with van der Waals surface area (Å²) in [5.41, 5.74) is 2.18. The van der Waals surface area contributed by atoms with Gasteiger partial charge in [-0.3, -0.25) is 0 Å². The van der Waals surface area contributed by atoms with Crippen molar-refractivity contribution in [3.05, 3.63) is 58.1 Å². The highest BCUT2D eigenvalue weighted by Gasteiger charge is 2.00. The van der Waals surface area contributed by atoms with E-state index >= 15 is 0 Å². The maximum atomic E-state index is 6.11. The summed E-state index contributed by atoms with van der Waals surface area (Å²) >= 11 is 12.0. The fourth-order valence-electron chi connectivity index (χ4n) is 1.70. The predicted molar refractivity (Wildman–Crippen MR) is 77.0 cm³/mol. The van der Waals surface area contributed by atoms with Gasteiger partial charge in [-0.25, -0.2) is 4.98 Å². The Morgan fingerprint density at radius 2 is 2.17 bits per heavy atom. The van der Waals surface area contributed by atoms with E-state index in [-0.39, 0.29) is 0 Å². The number of aromatic nitrogens is 2. The third-order valence-electron chi connectivity index (χ3n) is 2.65. The van der Waals surface area contributed by atoms with Crippen molar-refractivity contribution in [1.82, 2.24) is 9.97 Å². The summed E-state index contributed by atoms with van der Waals surface area (Å²) in [5, 5.41) is 1.43. The molecule has 94 valence electrons. The van der Waals surface area contributed by atoms with Gasteiger partial charge in [0.2, 0.25) is 0 Å². The van der Waals surface area contributed by atoms with Crippen molar-refractivity contribution < 1.29 is 0 Å². The van der Waals surface area contributed by atoms with Crippen molar-refractivity contribution in [2.45, 2.75) is 19.3 Å². The van der Waals surface area contributed by atoms with Crippen LogP contribution in [0.25, 0.3) is 6.08 Å². The van der Waals surface area contributed by atoms with E-state index in [2.05, 4.69) is 16.0 Å². The largest absolute Gasteiger partial charge is 0.345 e. The second-order valence-electron chi connectivity index (χ2n) is 4.04. The molecular weight excluding hydrogens is 267 g/mol. The molecule has 0 saturated carbocycles. The van der Waals surface area contributed by atoms with Crippen LogP contribution in [0, 0.1) is 0 Å². The van der Waals surface area contributed by atoms with E-state index in [1.807, 2.05) is 18.2 Å². The minimum absolute atomic E-state index is 0.683. The van der Waals surface area contributed by atoms with E-state index in [4.69, 9.17) is 23.2 Å². The van der Waals surface area contributed by atoms with Crippen molar-refractivity contribution in [2.75, 3.05) is 0 Å². The molecule has 0 amide bonds. The van der Waals surface area contributed by atoms with Gasteiger partial charge in [0.15, 0.2) is 0 Å². The molecule has 2 nitrogen and oxygen atoms in total. The number of halogens is 2. The first-order chi connectivity index (χ1) is 8.75. The van der Waals surface area contributed by atoms with Crippen LogP contribution in [0.3, 0.4) is 0 Å². The van der Waals surface area contributed by atoms with E-state index in [1.165, 1.54) is 0 Å². The van der Waals surface area contributed by atoms with Gasteiger partial charge in [-0.1, -0.05) is 35.3 Å². The van der Waals surface area contributed by atoms with Gasteiger partial charge in [0.25, 0.3) is 0 Å². The summed E-state index contributed by atoms with van der Waals surface area (Å²) in [5.74, 6) is 0. The van der Waals surface area contributed by atoms with E-state index in [0.717, 1.165) is 35.5 Å². The van der Waals surface area contributed by atoms with Gasteiger partial charge in [0.1, 0.15) is 0 Å². The third-order valence-corrected chi connectivity index (χ3v) is 3.24. The van der Waals surface area contributed by atoms with Crippen molar-refractivity contribution in [1.29, 1.82) is 0 Å². The molecule has 0 spiro atoms. The molecule has 1 aromatic carbocycles. The Morgan fingerprint density at radius 1 is 1.28 bits per heavy atom. The van der Waals surface area contributed by atoms with Gasteiger partial charge in [-0.2, -0.15) is 0 Å². The van der Waals surface area contributed by atoms with Crippen LogP contribution in [0.4, 0.5) is 0 Å². The Hall–Kier alpha value is -1.25. The van der Waals surface area contributed by atoms with Gasteiger partial charge >= 0.3 is 0 Å². The summed E-state index contributed by atoms with van der Waals surface area (Å²) < 4.78 is 0. The van der Waals surface area contributed by atoms with E-state index < -0.39 is 0 Å². The molecule has 4 heteroatoms. The zero-order valence-corrected chi connectivity index (χ0v) is 11.4. The number of aryl methyl sites for hydroxylation is 1. The molecule has 2 rings (SSSR count). The van der Waals surface area contributed by atoms with Gasteiger partial charge in [-0.15, -0.1) is 0 Å².